The van der Waals surface area contributed by atoms with Crippen LogP contribution in [0.1, 0.15) is 13.8 Å². The molecule has 0 atom stereocenters. The third kappa shape index (κ3) is 4.29. The van der Waals surface area contributed by atoms with E-state index in [9.17, 15) is 0 Å². The maximum Gasteiger partial charge on any atom is 0.230 e. The minimum atomic E-state index is 0.475. The van der Waals surface area contributed by atoms with E-state index in [2.05, 4.69) is 34.2 Å². The first-order chi connectivity index (χ1) is 11.2. The first-order valence-electron chi connectivity index (χ1n) is 7.54. The molecule has 0 unspecified atom stereocenters. The lowest BCUT2D eigenvalue weighted by Gasteiger charge is -2.06. The van der Waals surface area contributed by atoms with Crippen LogP contribution in [0.2, 0.25) is 0 Å². The van der Waals surface area contributed by atoms with Crippen molar-refractivity contribution in [2.24, 2.45) is 5.92 Å². The number of nitrogens with one attached hydrogen (secondary N) is 1. The minimum absolute atomic E-state index is 0.475. The van der Waals surface area contributed by atoms with Crippen LogP contribution >= 0.6 is 0 Å². The van der Waals surface area contributed by atoms with Crippen molar-refractivity contribution in [3.8, 4) is 11.6 Å². The maximum absolute atomic E-state index is 5.70. The summed E-state index contributed by atoms with van der Waals surface area (Å²) in [6, 6.07) is 11.3. The lowest BCUT2D eigenvalue weighted by molar-refractivity contribution is 0.462. The monoisotopic (exact) mass is 309 g/mol. The highest BCUT2D eigenvalue weighted by molar-refractivity contribution is 5.50. The Balaban J connectivity index is 1.69. The standard InChI is InChI=1S/C17H19N5O/c1-13(2)11-22-12-14(10-19-22)20-17-18-9-8-16(21-17)23-15-6-4-3-5-7-15/h3-10,12-13H,11H2,1-2H3,(H,18,20,21). The zero-order chi connectivity index (χ0) is 16.1. The number of benzene rings is 1. The second-order valence-electron chi connectivity index (χ2n) is 5.60. The first kappa shape index (κ1) is 15.0. The maximum atomic E-state index is 5.70. The van der Waals surface area contributed by atoms with E-state index >= 15 is 0 Å². The van der Waals surface area contributed by atoms with E-state index in [1.165, 1.54) is 0 Å². The third-order valence-corrected chi connectivity index (χ3v) is 3.04. The largest absolute Gasteiger partial charge is 0.439 e. The summed E-state index contributed by atoms with van der Waals surface area (Å²) in [5.74, 6) is 2.24. The van der Waals surface area contributed by atoms with Gasteiger partial charge < -0.3 is 10.1 Å². The Morgan fingerprint density at radius 1 is 1.17 bits per heavy atom. The number of rotatable bonds is 6. The molecule has 6 nitrogen and oxygen atoms in total. The number of nitrogens with zero attached hydrogens (tertiary/aromatic N) is 4. The Morgan fingerprint density at radius 2 is 2.00 bits per heavy atom. The molecule has 2 heterocycles. The summed E-state index contributed by atoms with van der Waals surface area (Å²) < 4.78 is 7.60. The van der Waals surface area contributed by atoms with Gasteiger partial charge in [-0.15, -0.1) is 0 Å². The van der Waals surface area contributed by atoms with E-state index in [4.69, 9.17) is 4.74 Å². The van der Waals surface area contributed by atoms with Crippen molar-refractivity contribution in [3.05, 3.63) is 55.0 Å². The summed E-state index contributed by atoms with van der Waals surface area (Å²) in [6.45, 7) is 5.18. The number of ether oxygens (including phenoxy) is 1. The van der Waals surface area contributed by atoms with E-state index in [1.807, 2.05) is 41.2 Å². The van der Waals surface area contributed by atoms with Crippen LogP contribution in [-0.2, 0) is 6.54 Å². The molecule has 0 aliphatic rings. The molecule has 0 saturated carbocycles. The molecule has 0 amide bonds. The number of para-hydroxylation sites is 1. The Labute approximate surface area is 135 Å². The highest BCUT2D eigenvalue weighted by atomic mass is 16.5. The van der Waals surface area contributed by atoms with Gasteiger partial charge in [0.25, 0.3) is 0 Å². The molecule has 0 saturated heterocycles. The fourth-order valence-corrected chi connectivity index (χ4v) is 2.10. The molecule has 0 spiro atoms. The Hall–Kier alpha value is -2.89. The van der Waals surface area contributed by atoms with E-state index in [1.54, 1.807) is 18.5 Å². The molecule has 3 aromatic rings. The summed E-state index contributed by atoms with van der Waals surface area (Å²) in [4.78, 5) is 8.56. The molecule has 0 fully saturated rings. The zero-order valence-electron chi connectivity index (χ0n) is 13.2. The number of hydrogen-bond acceptors (Lipinski definition) is 5. The Kier molecular flexibility index (Phi) is 4.52. The molecular formula is C17H19N5O. The van der Waals surface area contributed by atoms with Gasteiger partial charge in [-0.05, 0) is 18.1 Å². The number of hydrogen-bond donors (Lipinski definition) is 1. The van der Waals surface area contributed by atoms with Crippen molar-refractivity contribution < 1.29 is 4.74 Å². The van der Waals surface area contributed by atoms with Gasteiger partial charge in [-0.2, -0.15) is 10.1 Å². The quantitative estimate of drug-likeness (QED) is 0.749. The van der Waals surface area contributed by atoms with Crippen LogP contribution in [0.5, 0.6) is 11.6 Å². The van der Waals surface area contributed by atoms with Crippen LogP contribution in [0, 0.1) is 5.92 Å². The average Bonchev–Trinajstić information content (AvgIpc) is 2.95. The van der Waals surface area contributed by atoms with Crippen molar-refractivity contribution in [1.82, 2.24) is 19.7 Å². The third-order valence-electron chi connectivity index (χ3n) is 3.04. The lowest BCUT2D eigenvalue weighted by atomic mass is 10.2. The first-order valence-corrected chi connectivity index (χ1v) is 7.54. The van der Waals surface area contributed by atoms with Gasteiger partial charge in [-0.1, -0.05) is 32.0 Å². The van der Waals surface area contributed by atoms with Gasteiger partial charge in [0, 0.05) is 25.0 Å². The van der Waals surface area contributed by atoms with Crippen LogP contribution in [0.3, 0.4) is 0 Å². The highest BCUT2D eigenvalue weighted by Gasteiger charge is 2.05. The molecule has 118 valence electrons. The van der Waals surface area contributed by atoms with E-state index < -0.39 is 0 Å². The highest BCUT2D eigenvalue weighted by Crippen LogP contribution is 2.20. The van der Waals surface area contributed by atoms with Crippen molar-refractivity contribution in [2.45, 2.75) is 20.4 Å². The number of anilines is 2. The molecule has 1 aromatic carbocycles. The van der Waals surface area contributed by atoms with Crippen LogP contribution in [0.15, 0.2) is 55.0 Å². The molecule has 0 bridgehead atoms. The molecule has 6 heteroatoms. The Morgan fingerprint density at radius 3 is 2.78 bits per heavy atom. The van der Waals surface area contributed by atoms with Crippen LogP contribution in [-0.4, -0.2) is 19.7 Å². The average molecular weight is 309 g/mol. The topological polar surface area (TPSA) is 64.9 Å². The van der Waals surface area contributed by atoms with Crippen molar-refractivity contribution in [2.75, 3.05) is 5.32 Å². The van der Waals surface area contributed by atoms with Crippen molar-refractivity contribution in [3.63, 3.8) is 0 Å². The minimum Gasteiger partial charge on any atom is -0.439 e. The van der Waals surface area contributed by atoms with Gasteiger partial charge in [-0.25, -0.2) is 4.98 Å². The second-order valence-corrected chi connectivity index (χ2v) is 5.60. The Bertz CT molecular complexity index is 754. The van der Waals surface area contributed by atoms with E-state index in [0.29, 0.717) is 17.7 Å². The molecule has 3 rings (SSSR count). The van der Waals surface area contributed by atoms with Gasteiger partial charge in [0.15, 0.2) is 0 Å². The summed E-state index contributed by atoms with van der Waals surface area (Å²) >= 11 is 0. The van der Waals surface area contributed by atoms with Crippen molar-refractivity contribution in [1.29, 1.82) is 0 Å². The summed E-state index contributed by atoms with van der Waals surface area (Å²) in [7, 11) is 0. The smallest absolute Gasteiger partial charge is 0.230 e. The number of aromatic nitrogens is 4. The summed E-state index contributed by atoms with van der Waals surface area (Å²) in [5, 5.41) is 7.45. The fourth-order valence-electron chi connectivity index (χ4n) is 2.10. The SMILES string of the molecule is CC(C)Cn1cc(Nc2nccc(Oc3ccccc3)n2)cn1. The molecule has 23 heavy (non-hydrogen) atoms. The second kappa shape index (κ2) is 6.91. The summed E-state index contributed by atoms with van der Waals surface area (Å²) in [5.41, 5.74) is 0.850. The van der Waals surface area contributed by atoms with Crippen molar-refractivity contribution >= 4 is 11.6 Å². The normalized spacial score (nSPS) is 10.7. The molecule has 0 aliphatic carbocycles. The molecule has 0 aliphatic heterocycles. The lowest BCUT2D eigenvalue weighted by Crippen LogP contribution is -2.04. The van der Waals surface area contributed by atoms with E-state index in [0.717, 1.165) is 18.0 Å². The van der Waals surface area contributed by atoms with Gasteiger partial charge in [0.2, 0.25) is 11.8 Å². The molecule has 2 aromatic heterocycles. The van der Waals surface area contributed by atoms with Gasteiger partial charge in [-0.3, -0.25) is 4.68 Å². The van der Waals surface area contributed by atoms with Crippen LogP contribution in [0.4, 0.5) is 11.6 Å². The van der Waals surface area contributed by atoms with Crippen LogP contribution < -0.4 is 10.1 Å². The van der Waals surface area contributed by atoms with Gasteiger partial charge >= 0.3 is 0 Å². The predicted molar refractivity (Wildman–Crippen MR) is 88.9 cm³/mol. The molecule has 1 N–H and O–H groups in total. The van der Waals surface area contributed by atoms with Gasteiger partial charge in [0.1, 0.15) is 5.75 Å². The molecular weight excluding hydrogens is 290 g/mol. The zero-order valence-corrected chi connectivity index (χ0v) is 13.2. The fraction of sp³-hybridized carbons (Fsp3) is 0.235. The summed E-state index contributed by atoms with van der Waals surface area (Å²) in [6.07, 6.45) is 5.36. The van der Waals surface area contributed by atoms with Crippen LogP contribution in [0.25, 0.3) is 0 Å². The molecule has 0 radical (unpaired) electrons. The predicted octanol–water partition coefficient (Wildman–Crippen LogP) is 3.87. The van der Waals surface area contributed by atoms with Gasteiger partial charge in [0.05, 0.1) is 11.9 Å². The van der Waals surface area contributed by atoms with E-state index in [-0.39, 0.29) is 0 Å².